The van der Waals surface area contributed by atoms with E-state index >= 15 is 0 Å². The predicted octanol–water partition coefficient (Wildman–Crippen LogP) is 1.74. The van der Waals surface area contributed by atoms with E-state index in [9.17, 15) is 18.5 Å². The van der Waals surface area contributed by atoms with Crippen molar-refractivity contribution in [3.63, 3.8) is 0 Å². The Morgan fingerprint density at radius 1 is 1.33 bits per heavy atom. The van der Waals surface area contributed by atoms with Crippen LogP contribution in [0.5, 0.6) is 0 Å². The van der Waals surface area contributed by atoms with Gasteiger partial charge >= 0.3 is 0 Å². The summed E-state index contributed by atoms with van der Waals surface area (Å²) in [5.74, 6) is 5.23. The van der Waals surface area contributed by atoms with Crippen molar-refractivity contribution in [2.75, 3.05) is 5.43 Å². The Balaban J connectivity index is 3.39. The second-order valence-corrected chi connectivity index (χ2v) is 6.61. The maximum absolute atomic E-state index is 12.5. The topological polar surface area (TPSA) is 127 Å². The summed E-state index contributed by atoms with van der Waals surface area (Å²) in [5, 5.41) is 11.0. The molecule has 0 radical (unpaired) electrons. The minimum absolute atomic E-state index is 0.274. The summed E-state index contributed by atoms with van der Waals surface area (Å²) in [6.07, 6.45) is 1.12. The van der Waals surface area contributed by atoms with Gasteiger partial charge in [0.05, 0.1) is 10.6 Å². The fraction of sp³-hybridized carbons (Fsp3) is 0.500. The van der Waals surface area contributed by atoms with Crippen molar-refractivity contribution < 1.29 is 13.3 Å². The fourth-order valence-corrected chi connectivity index (χ4v) is 3.49. The SMILES string of the molecule is CCC(C)(CC)NS(=O)(=O)c1cc(NN)ccc1[N+](=O)[O-]. The van der Waals surface area contributed by atoms with Crippen molar-refractivity contribution >= 4 is 21.4 Å². The first kappa shape index (κ1) is 17.3. The smallest absolute Gasteiger partial charge is 0.289 e. The molecule has 1 aromatic carbocycles. The lowest BCUT2D eigenvalue weighted by Gasteiger charge is -2.27. The van der Waals surface area contributed by atoms with Crippen LogP contribution in [0.3, 0.4) is 0 Å². The van der Waals surface area contributed by atoms with Gasteiger partial charge in [-0.05, 0) is 31.9 Å². The molecule has 9 heteroatoms. The number of nitrogens with zero attached hydrogens (tertiary/aromatic N) is 1. The molecule has 0 saturated carbocycles. The number of hydrazine groups is 1. The zero-order valence-electron chi connectivity index (χ0n) is 12.2. The number of sulfonamides is 1. The number of nitro groups is 1. The molecule has 0 spiro atoms. The fourth-order valence-electron chi connectivity index (χ4n) is 1.74. The first-order chi connectivity index (χ1) is 9.69. The summed E-state index contributed by atoms with van der Waals surface area (Å²) in [7, 11) is -4.04. The summed E-state index contributed by atoms with van der Waals surface area (Å²) in [4.78, 5) is 9.90. The Bertz CT molecular complexity index is 626. The molecule has 0 saturated heterocycles. The number of hydrogen-bond donors (Lipinski definition) is 3. The minimum Gasteiger partial charge on any atom is -0.324 e. The van der Waals surface area contributed by atoms with E-state index in [4.69, 9.17) is 5.84 Å². The zero-order chi connectivity index (χ0) is 16.3. The molecule has 0 unspecified atom stereocenters. The lowest BCUT2D eigenvalue weighted by atomic mass is 9.98. The summed E-state index contributed by atoms with van der Waals surface area (Å²) < 4.78 is 27.5. The highest BCUT2D eigenvalue weighted by Crippen LogP contribution is 2.28. The highest BCUT2D eigenvalue weighted by Gasteiger charge is 2.32. The maximum atomic E-state index is 12.5. The van der Waals surface area contributed by atoms with E-state index in [1.807, 2.05) is 13.8 Å². The van der Waals surface area contributed by atoms with Gasteiger partial charge in [0.25, 0.3) is 5.69 Å². The highest BCUT2D eigenvalue weighted by atomic mass is 32.2. The summed E-state index contributed by atoms with van der Waals surface area (Å²) in [5.41, 5.74) is 1.40. The van der Waals surface area contributed by atoms with Crippen LogP contribution in [0.4, 0.5) is 11.4 Å². The Morgan fingerprint density at radius 2 is 1.90 bits per heavy atom. The molecule has 0 atom stereocenters. The van der Waals surface area contributed by atoms with Crippen LogP contribution in [-0.4, -0.2) is 18.9 Å². The van der Waals surface area contributed by atoms with Gasteiger partial charge in [-0.25, -0.2) is 13.1 Å². The number of rotatable bonds is 7. The van der Waals surface area contributed by atoms with E-state index in [2.05, 4.69) is 10.1 Å². The average Bonchev–Trinajstić information content (AvgIpc) is 2.45. The third kappa shape index (κ3) is 3.90. The molecule has 0 bridgehead atoms. The summed E-state index contributed by atoms with van der Waals surface area (Å²) in [6.45, 7) is 5.44. The van der Waals surface area contributed by atoms with Crippen LogP contribution < -0.4 is 16.0 Å². The van der Waals surface area contributed by atoms with E-state index in [0.29, 0.717) is 12.8 Å². The molecule has 0 aliphatic rings. The maximum Gasteiger partial charge on any atom is 0.289 e. The van der Waals surface area contributed by atoms with Gasteiger partial charge < -0.3 is 5.43 Å². The number of hydrogen-bond acceptors (Lipinski definition) is 6. The molecule has 0 aromatic heterocycles. The number of nitrogens with two attached hydrogens (primary N) is 1. The number of benzene rings is 1. The van der Waals surface area contributed by atoms with Gasteiger partial charge in [0, 0.05) is 11.6 Å². The molecule has 1 rings (SSSR count). The van der Waals surface area contributed by atoms with Crippen molar-refractivity contribution in [3.05, 3.63) is 28.3 Å². The van der Waals surface area contributed by atoms with Crippen LogP contribution in [0.15, 0.2) is 23.1 Å². The number of nitrogen functional groups attached to an aromatic ring is 1. The van der Waals surface area contributed by atoms with E-state index in [-0.39, 0.29) is 5.69 Å². The van der Waals surface area contributed by atoms with Crippen LogP contribution >= 0.6 is 0 Å². The van der Waals surface area contributed by atoms with Gasteiger partial charge in [-0.1, -0.05) is 13.8 Å². The van der Waals surface area contributed by atoms with Crippen molar-refractivity contribution in [1.29, 1.82) is 0 Å². The average molecular weight is 316 g/mol. The van der Waals surface area contributed by atoms with Gasteiger partial charge in [0.1, 0.15) is 0 Å². The second-order valence-electron chi connectivity index (χ2n) is 4.96. The molecule has 0 amide bonds. The van der Waals surface area contributed by atoms with Crippen LogP contribution in [-0.2, 0) is 10.0 Å². The van der Waals surface area contributed by atoms with Crippen molar-refractivity contribution in [2.24, 2.45) is 5.84 Å². The van der Waals surface area contributed by atoms with Gasteiger partial charge in [-0.15, -0.1) is 0 Å². The molecular formula is C12H20N4O4S. The normalized spacial score (nSPS) is 12.2. The van der Waals surface area contributed by atoms with Gasteiger partial charge in [-0.3, -0.25) is 16.0 Å². The minimum atomic E-state index is -4.04. The third-order valence-corrected chi connectivity index (χ3v) is 5.22. The Hall–Kier alpha value is -1.71. The summed E-state index contributed by atoms with van der Waals surface area (Å²) >= 11 is 0. The zero-order valence-corrected chi connectivity index (χ0v) is 13.0. The van der Waals surface area contributed by atoms with Crippen LogP contribution in [0.1, 0.15) is 33.6 Å². The van der Waals surface area contributed by atoms with Gasteiger partial charge in [0.15, 0.2) is 4.90 Å². The van der Waals surface area contributed by atoms with E-state index < -0.39 is 31.1 Å². The quantitative estimate of drug-likeness (QED) is 0.399. The highest BCUT2D eigenvalue weighted by molar-refractivity contribution is 7.89. The molecule has 8 nitrogen and oxygen atoms in total. The van der Waals surface area contributed by atoms with Crippen molar-refractivity contribution in [3.8, 4) is 0 Å². The first-order valence-corrected chi connectivity index (χ1v) is 7.96. The molecule has 1 aromatic rings. The molecular weight excluding hydrogens is 296 g/mol. The summed E-state index contributed by atoms with van der Waals surface area (Å²) in [6, 6.07) is 3.60. The number of nitro benzene ring substituents is 1. The van der Waals surface area contributed by atoms with Gasteiger partial charge in [-0.2, -0.15) is 0 Å². The van der Waals surface area contributed by atoms with E-state index in [1.165, 1.54) is 6.07 Å². The van der Waals surface area contributed by atoms with Gasteiger partial charge in [0.2, 0.25) is 10.0 Å². The monoisotopic (exact) mass is 316 g/mol. The van der Waals surface area contributed by atoms with E-state index in [1.54, 1.807) is 6.92 Å². The molecule has 0 fully saturated rings. The van der Waals surface area contributed by atoms with E-state index in [0.717, 1.165) is 12.1 Å². The van der Waals surface area contributed by atoms with Crippen molar-refractivity contribution in [1.82, 2.24) is 4.72 Å². The number of anilines is 1. The molecule has 0 aliphatic carbocycles. The second kappa shape index (κ2) is 6.37. The Morgan fingerprint density at radius 3 is 2.33 bits per heavy atom. The van der Waals surface area contributed by atoms with Crippen LogP contribution in [0, 0.1) is 10.1 Å². The van der Waals surface area contributed by atoms with Crippen LogP contribution in [0.2, 0.25) is 0 Å². The molecule has 118 valence electrons. The molecule has 4 N–H and O–H groups in total. The number of nitrogens with one attached hydrogen (secondary N) is 2. The Kier molecular flexibility index (Phi) is 5.26. The Labute approximate surface area is 123 Å². The van der Waals surface area contributed by atoms with Crippen LogP contribution in [0.25, 0.3) is 0 Å². The van der Waals surface area contributed by atoms with Crippen molar-refractivity contribution in [2.45, 2.75) is 44.0 Å². The largest absolute Gasteiger partial charge is 0.324 e. The molecule has 21 heavy (non-hydrogen) atoms. The lowest BCUT2D eigenvalue weighted by Crippen LogP contribution is -2.44. The molecule has 0 aliphatic heterocycles. The first-order valence-electron chi connectivity index (χ1n) is 6.48. The molecule has 0 heterocycles. The predicted molar refractivity (Wildman–Crippen MR) is 80.2 cm³/mol. The lowest BCUT2D eigenvalue weighted by molar-refractivity contribution is -0.387. The third-order valence-electron chi connectivity index (χ3n) is 3.55. The standard InChI is InChI=1S/C12H20N4O4S/c1-4-12(3,5-2)15-21(19,20)11-8-9(14-13)6-7-10(11)16(17)18/h6-8,14-15H,4-5,13H2,1-3H3.